The summed E-state index contributed by atoms with van der Waals surface area (Å²) in [6, 6.07) is 6.01. The maximum absolute atomic E-state index is 6.32. The molecular weight excluding hydrogens is 196 g/mol. The number of nitrogens with two attached hydrogens (primary N) is 1. The predicted octanol–water partition coefficient (Wildman–Crippen LogP) is 2.62. The van der Waals surface area contributed by atoms with E-state index in [0.717, 1.165) is 18.5 Å². The Bertz CT molecular complexity index is 268. The van der Waals surface area contributed by atoms with Crippen LogP contribution >= 0.6 is 12.4 Å². The van der Waals surface area contributed by atoms with Crippen molar-refractivity contribution < 1.29 is 0 Å². The van der Waals surface area contributed by atoms with Crippen molar-refractivity contribution in [1.82, 2.24) is 4.98 Å². The summed E-state index contributed by atoms with van der Waals surface area (Å²) >= 11 is 0. The van der Waals surface area contributed by atoms with Gasteiger partial charge in [0.2, 0.25) is 0 Å². The lowest BCUT2D eigenvalue weighted by atomic mass is 9.80. The molecule has 0 unspecified atom stereocenters. The van der Waals surface area contributed by atoms with E-state index in [0.29, 0.717) is 0 Å². The lowest BCUT2D eigenvalue weighted by Gasteiger charge is -2.32. The summed E-state index contributed by atoms with van der Waals surface area (Å²) in [6.45, 7) is 0. The summed E-state index contributed by atoms with van der Waals surface area (Å²) in [5, 5.41) is 0. The van der Waals surface area contributed by atoms with Crippen LogP contribution in [0.5, 0.6) is 0 Å². The van der Waals surface area contributed by atoms with Crippen LogP contribution in [0, 0.1) is 0 Å². The van der Waals surface area contributed by atoms with Gasteiger partial charge in [0.1, 0.15) is 0 Å². The molecule has 3 heteroatoms. The molecule has 14 heavy (non-hydrogen) atoms. The molecule has 1 fully saturated rings. The van der Waals surface area contributed by atoms with Crippen LogP contribution in [-0.4, -0.2) is 4.98 Å². The Morgan fingerprint density at radius 3 is 2.43 bits per heavy atom. The molecule has 0 spiro atoms. The maximum Gasteiger partial charge on any atom is 0.0602 e. The van der Waals surface area contributed by atoms with Crippen molar-refractivity contribution in [3.05, 3.63) is 30.1 Å². The molecule has 1 aliphatic rings. The highest BCUT2D eigenvalue weighted by Gasteiger charge is 2.30. The van der Waals surface area contributed by atoms with Gasteiger partial charge in [-0.1, -0.05) is 25.3 Å². The van der Waals surface area contributed by atoms with Crippen molar-refractivity contribution in [2.45, 2.75) is 37.6 Å². The minimum absolute atomic E-state index is 0. The van der Waals surface area contributed by atoms with Gasteiger partial charge in [-0.05, 0) is 25.0 Å². The predicted molar refractivity (Wildman–Crippen MR) is 60.4 cm³/mol. The molecular formula is C11H17ClN2. The highest BCUT2D eigenvalue weighted by molar-refractivity contribution is 5.85. The molecule has 1 aromatic heterocycles. The summed E-state index contributed by atoms with van der Waals surface area (Å²) < 4.78 is 0. The third kappa shape index (κ3) is 2.25. The van der Waals surface area contributed by atoms with Gasteiger partial charge in [0.25, 0.3) is 0 Å². The molecule has 0 aliphatic heterocycles. The van der Waals surface area contributed by atoms with E-state index in [1.54, 1.807) is 0 Å². The maximum atomic E-state index is 6.32. The fraction of sp³-hybridized carbons (Fsp3) is 0.545. The molecule has 1 heterocycles. The molecule has 78 valence electrons. The Morgan fingerprint density at radius 2 is 1.86 bits per heavy atom. The van der Waals surface area contributed by atoms with E-state index in [9.17, 15) is 0 Å². The Hall–Kier alpha value is -0.600. The first kappa shape index (κ1) is 11.5. The second-order valence-corrected chi connectivity index (χ2v) is 3.93. The molecule has 2 N–H and O–H groups in total. The fourth-order valence-electron chi connectivity index (χ4n) is 2.10. The van der Waals surface area contributed by atoms with Crippen LogP contribution in [0.3, 0.4) is 0 Å². The van der Waals surface area contributed by atoms with Crippen LogP contribution < -0.4 is 5.73 Å². The van der Waals surface area contributed by atoms with Crippen LogP contribution in [0.15, 0.2) is 24.4 Å². The van der Waals surface area contributed by atoms with E-state index in [4.69, 9.17) is 5.73 Å². The van der Waals surface area contributed by atoms with Gasteiger partial charge in [-0.2, -0.15) is 0 Å². The summed E-state index contributed by atoms with van der Waals surface area (Å²) in [5.41, 5.74) is 7.24. The van der Waals surface area contributed by atoms with Crippen molar-refractivity contribution in [1.29, 1.82) is 0 Å². The number of aromatic nitrogens is 1. The third-order valence-electron chi connectivity index (χ3n) is 2.92. The van der Waals surface area contributed by atoms with Crippen molar-refractivity contribution in [3.63, 3.8) is 0 Å². The highest BCUT2D eigenvalue weighted by Crippen LogP contribution is 2.33. The number of rotatable bonds is 1. The standard InChI is InChI=1S/C11H16N2.ClH/c12-11(7-3-1-4-8-11)10-6-2-5-9-13-10;/h2,5-6,9H,1,3-4,7-8,12H2;1H. The molecule has 1 aromatic rings. The minimum atomic E-state index is -0.139. The topological polar surface area (TPSA) is 38.9 Å². The Morgan fingerprint density at radius 1 is 1.14 bits per heavy atom. The molecule has 1 saturated carbocycles. The van der Waals surface area contributed by atoms with Gasteiger partial charge in [-0.3, -0.25) is 4.98 Å². The number of halogens is 1. The minimum Gasteiger partial charge on any atom is -0.320 e. The molecule has 2 nitrogen and oxygen atoms in total. The molecule has 1 aliphatic carbocycles. The number of pyridine rings is 1. The normalized spacial score (nSPS) is 19.8. The van der Waals surface area contributed by atoms with Gasteiger partial charge in [0.15, 0.2) is 0 Å². The van der Waals surface area contributed by atoms with Crippen LogP contribution in [0.4, 0.5) is 0 Å². The first-order valence-corrected chi connectivity index (χ1v) is 5.02. The van der Waals surface area contributed by atoms with Gasteiger partial charge >= 0.3 is 0 Å². The smallest absolute Gasteiger partial charge is 0.0602 e. The second-order valence-electron chi connectivity index (χ2n) is 3.93. The average Bonchev–Trinajstić information content (AvgIpc) is 2.20. The van der Waals surface area contributed by atoms with Crippen molar-refractivity contribution >= 4 is 12.4 Å². The molecule has 0 amide bonds. The van der Waals surface area contributed by atoms with Gasteiger partial charge in [-0.15, -0.1) is 12.4 Å². The van der Waals surface area contributed by atoms with Crippen molar-refractivity contribution in [2.75, 3.05) is 0 Å². The van der Waals surface area contributed by atoms with Crippen LogP contribution in [0.2, 0.25) is 0 Å². The Labute approximate surface area is 91.3 Å². The molecule has 0 bridgehead atoms. The van der Waals surface area contributed by atoms with E-state index in [-0.39, 0.29) is 17.9 Å². The monoisotopic (exact) mass is 212 g/mol. The molecule has 2 rings (SSSR count). The number of hydrogen-bond donors (Lipinski definition) is 1. The summed E-state index contributed by atoms with van der Waals surface area (Å²) in [6.07, 6.45) is 7.82. The van der Waals surface area contributed by atoms with Crippen molar-refractivity contribution in [2.24, 2.45) is 5.73 Å². The zero-order chi connectivity index (χ0) is 9.15. The zero-order valence-electron chi connectivity index (χ0n) is 8.28. The SMILES string of the molecule is Cl.NC1(c2ccccn2)CCCCC1. The van der Waals surface area contributed by atoms with Crippen LogP contribution in [0.25, 0.3) is 0 Å². The van der Waals surface area contributed by atoms with E-state index in [2.05, 4.69) is 4.98 Å². The quantitative estimate of drug-likeness (QED) is 0.778. The largest absolute Gasteiger partial charge is 0.320 e. The summed E-state index contributed by atoms with van der Waals surface area (Å²) in [4.78, 5) is 4.35. The van der Waals surface area contributed by atoms with Crippen LogP contribution in [-0.2, 0) is 5.54 Å². The molecule has 0 atom stereocenters. The average molecular weight is 213 g/mol. The number of hydrogen-bond acceptors (Lipinski definition) is 2. The van der Waals surface area contributed by atoms with E-state index in [1.807, 2.05) is 24.4 Å². The lowest BCUT2D eigenvalue weighted by Crippen LogP contribution is -2.39. The van der Waals surface area contributed by atoms with Gasteiger partial charge in [-0.25, -0.2) is 0 Å². The lowest BCUT2D eigenvalue weighted by molar-refractivity contribution is 0.295. The van der Waals surface area contributed by atoms with Gasteiger partial charge in [0, 0.05) is 6.20 Å². The first-order chi connectivity index (χ1) is 6.31. The first-order valence-electron chi connectivity index (χ1n) is 5.02. The third-order valence-corrected chi connectivity index (χ3v) is 2.92. The van der Waals surface area contributed by atoms with E-state index in [1.165, 1.54) is 19.3 Å². The van der Waals surface area contributed by atoms with E-state index < -0.39 is 0 Å². The molecule has 0 radical (unpaired) electrons. The summed E-state index contributed by atoms with van der Waals surface area (Å²) in [5.74, 6) is 0. The van der Waals surface area contributed by atoms with Crippen LogP contribution in [0.1, 0.15) is 37.8 Å². The second kappa shape index (κ2) is 4.76. The molecule has 0 aromatic carbocycles. The fourth-order valence-corrected chi connectivity index (χ4v) is 2.10. The Kier molecular flexibility index (Phi) is 3.90. The van der Waals surface area contributed by atoms with Gasteiger partial charge < -0.3 is 5.73 Å². The molecule has 0 saturated heterocycles. The summed E-state index contributed by atoms with van der Waals surface area (Å²) in [7, 11) is 0. The van der Waals surface area contributed by atoms with Gasteiger partial charge in [0.05, 0.1) is 11.2 Å². The zero-order valence-corrected chi connectivity index (χ0v) is 9.09. The number of nitrogens with zero attached hydrogens (tertiary/aromatic N) is 1. The Balaban J connectivity index is 0.000000980. The highest BCUT2D eigenvalue weighted by atomic mass is 35.5. The van der Waals surface area contributed by atoms with Crippen molar-refractivity contribution in [3.8, 4) is 0 Å². The van der Waals surface area contributed by atoms with E-state index >= 15 is 0 Å².